The fourth-order valence-electron chi connectivity index (χ4n) is 2.29. The Kier molecular flexibility index (Phi) is 5.38. The van der Waals surface area contributed by atoms with Gasteiger partial charge in [-0.25, -0.2) is 0 Å². The molecule has 2 atom stereocenters. The van der Waals surface area contributed by atoms with Gasteiger partial charge in [0.1, 0.15) is 0 Å². The van der Waals surface area contributed by atoms with Crippen molar-refractivity contribution in [2.24, 2.45) is 16.1 Å². The molecule has 0 saturated carbocycles. The van der Waals surface area contributed by atoms with Gasteiger partial charge in [-0.3, -0.25) is 0 Å². The maximum atomic E-state index is 12.5. The zero-order valence-corrected chi connectivity index (χ0v) is 11.8. The Morgan fingerprint density at radius 2 is 2.37 bits per heavy atom. The quantitative estimate of drug-likeness (QED) is 0.403. The molecule has 0 aliphatic carbocycles. The second kappa shape index (κ2) is 6.59. The number of esters is 1. The third-order valence-electron chi connectivity index (χ3n) is 3.71. The molecule has 1 aliphatic rings. The third kappa shape index (κ3) is 3.08. The number of hydrogen-bond acceptors (Lipinski definition) is 5. The van der Waals surface area contributed by atoms with Crippen LogP contribution in [0.5, 0.6) is 0 Å². The molecule has 1 rings (SSSR count). The van der Waals surface area contributed by atoms with E-state index >= 15 is 0 Å². The van der Waals surface area contributed by atoms with Crippen LogP contribution < -0.4 is 0 Å². The van der Waals surface area contributed by atoms with Crippen LogP contribution in [0.3, 0.4) is 0 Å². The summed E-state index contributed by atoms with van der Waals surface area (Å²) >= 11 is 0. The molecule has 0 aromatic rings. The van der Waals surface area contributed by atoms with Crippen LogP contribution in [0.15, 0.2) is 10.1 Å². The normalized spacial score (nSPS) is 24.6. The van der Waals surface area contributed by atoms with Crippen LogP contribution in [0.4, 0.5) is 0 Å². The van der Waals surface area contributed by atoms with Gasteiger partial charge in [0.2, 0.25) is 0 Å². The zero-order valence-electron chi connectivity index (χ0n) is 11.8. The topological polar surface area (TPSA) is 71.3 Å². The summed E-state index contributed by atoms with van der Waals surface area (Å²) in [6.45, 7) is 7.93. The summed E-state index contributed by atoms with van der Waals surface area (Å²) in [5.74, 6) is -0.516. The minimum atomic E-state index is -0.864. The molecule has 1 saturated heterocycles. The molecule has 0 aromatic heterocycles. The third-order valence-corrected chi connectivity index (χ3v) is 3.71. The minimum absolute atomic E-state index is 0.0306. The van der Waals surface area contributed by atoms with Crippen molar-refractivity contribution >= 4 is 25.4 Å². The van der Waals surface area contributed by atoms with Gasteiger partial charge in [0.15, 0.2) is 0 Å². The molecule has 7 heteroatoms. The van der Waals surface area contributed by atoms with Crippen molar-refractivity contribution in [3.63, 3.8) is 0 Å². The SMILES string of the molecule is C=BN=N[C@]1(C(C)CC)CCN(CC(=O)OC)C1=O. The molecule has 0 radical (unpaired) electrons. The van der Waals surface area contributed by atoms with E-state index in [0.717, 1.165) is 6.42 Å². The van der Waals surface area contributed by atoms with Crippen LogP contribution in [0.25, 0.3) is 0 Å². The summed E-state index contributed by atoms with van der Waals surface area (Å²) in [7, 11) is 2.63. The summed E-state index contributed by atoms with van der Waals surface area (Å²) in [6, 6.07) is 0. The van der Waals surface area contributed by atoms with Gasteiger partial charge in [0.05, 0.1) is 0 Å². The average Bonchev–Trinajstić information content (AvgIpc) is 2.74. The van der Waals surface area contributed by atoms with E-state index in [9.17, 15) is 9.59 Å². The Morgan fingerprint density at radius 3 is 2.89 bits per heavy atom. The van der Waals surface area contributed by atoms with E-state index in [1.807, 2.05) is 13.8 Å². The van der Waals surface area contributed by atoms with Crippen LogP contribution in [0.1, 0.15) is 26.7 Å². The summed E-state index contributed by atoms with van der Waals surface area (Å²) in [5, 5.41) is 7.98. The van der Waals surface area contributed by atoms with E-state index in [-0.39, 0.29) is 18.4 Å². The van der Waals surface area contributed by atoms with E-state index in [1.54, 1.807) is 0 Å². The standard InChI is InChI=1S/C12H20BN3O3/c1-5-9(2)12(14-15-13-3)6-7-16(11(12)18)8-10(17)19-4/h9H,3,5-8H2,1-2,4H3/t9?,12-/m0/s1. The van der Waals surface area contributed by atoms with Crippen LogP contribution in [0.2, 0.25) is 0 Å². The molecule has 1 heterocycles. The number of carbonyl (C=O) groups excluding carboxylic acids is 2. The van der Waals surface area contributed by atoms with Crippen molar-refractivity contribution in [1.29, 1.82) is 0 Å². The molecule has 1 unspecified atom stereocenters. The van der Waals surface area contributed by atoms with Gasteiger partial charge in [0.25, 0.3) is 0 Å². The van der Waals surface area contributed by atoms with Crippen molar-refractivity contribution < 1.29 is 14.3 Å². The number of ether oxygens (including phenoxy) is 1. The zero-order chi connectivity index (χ0) is 14.5. The number of methoxy groups -OCH3 is 1. The Hall–Kier alpha value is -1.53. The number of likely N-dealkylation sites (tertiary alicyclic amines) is 1. The van der Waals surface area contributed by atoms with Gasteiger partial charge in [-0.1, -0.05) is 0 Å². The molecule has 104 valence electrons. The Balaban J connectivity index is 2.95. The van der Waals surface area contributed by atoms with Gasteiger partial charge >= 0.3 is 113 Å². The van der Waals surface area contributed by atoms with Crippen molar-refractivity contribution in [2.75, 3.05) is 20.2 Å². The molecule has 1 fully saturated rings. The van der Waals surface area contributed by atoms with E-state index in [1.165, 1.54) is 19.1 Å². The summed E-state index contributed by atoms with van der Waals surface area (Å²) < 4.78 is 4.59. The van der Waals surface area contributed by atoms with Gasteiger partial charge in [-0.05, 0) is 0 Å². The molecule has 0 aromatic carbocycles. The molecule has 1 aliphatic heterocycles. The Bertz CT molecular complexity index is 400. The molecule has 0 bridgehead atoms. The second-order valence-electron chi connectivity index (χ2n) is 4.68. The van der Waals surface area contributed by atoms with Crippen LogP contribution >= 0.6 is 0 Å². The molecule has 0 spiro atoms. The molecule has 0 N–H and O–H groups in total. The second-order valence-corrected chi connectivity index (χ2v) is 4.68. The van der Waals surface area contributed by atoms with Crippen LogP contribution in [0, 0.1) is 5.92 Å². The van der Waals surface area contributed by atoms with E-state index in [0.29, 0.717) is 13.0 Å². The number of carbonyl (C=O) groups is 2. The first-order valence-corrected chi connectivity index (χ1v) is 6.41. The summed E-state index contributed by atoms with van der Waals surface area (Å²) in [5.41, 5.74) is -0.864. The fourth-order valence-corrected chi connectivity index (χ4v) is 2.29. The maximum absolute atomic E-state index is 12.5. The predicted octanol–water partition coefficient (Wildman–Crippen LogP) is 0.680. The van der Waals surface area contributed by atoms with Crippen molar-refractivity contribution in [3.05, 3.63) is 0 Å². The van der Waals surface area contributed by atoms with E-state index in [2.05, 4.69) is 21.3 Å². The van der Waals surface area contributed by atoms with Gasteiger partial charge < -0.3 is 0 Å². The van der Waals surface area contributed by atoms with E-state index < -0.39 is 11.5 Å². The molecular formula is C12H20BN3O3. The monoisotopic (exact) mass is 265 g/mol. The Labute approximate surface area is 114 Å². The summed E-state index contributed by atoms with van der Waals surface area (Å²) in [4.78, 5) is 25.3. The average molecular weight is 265 g/mol. The van der Waals surface area contributed by atoms with Gasteiger partial charge in [0, 0.05) is 0 Å². The fraction of sp³-hybridized carbons (Fsp3) is 0.750. The summed E-state index contributed by atoms with van der Waals surface area (Å²) in [6.07, 6.45) is 1.38. The molecule has 1 amide bonds. The first-order chi connectivity index (χ1) is 9.01. The molecule has 19 heavy (non-hydrogen) atoms. The van der Waals surface area contributed by atoms with Crippen LogP contribution in [-0.4, -0.2) is 56.0 Å². The Morgan fingerprint density at radius 1 is 1.68 bits per heavy atom. The van der Waals surface area contributed by atoms with Gasteiger partial charge in [-0.15, -0.1) is 0 Å². The molecule has 6 nitrogen and oxygen atoms in total. The van der Waals surface area contributed by atoms with Crippen molar-refractivity contribution in [3.8, 4) is 0 Å². The van der Waals surface area contributed by atoms with Crippen molar-refractivity contribution in [2.45, 2.75) is 32.2 Å². The van der Waals surface area contributed by atoms with E-state index in [4.69, 9.17) is 0 Å². The first-order valence-electron chi connectivity index (χ1n) is 6.41. The number of rotatable bonds is 6. The van der Waals surface area contributed by atoms with Gasteiger partial charge in [-0.2, -0.15) is 0 Å². The number of hydrogen-bond donors (Lipinski definition) is 0. The van der Waals surface area contributed by atoms with Crippen LogP contribution in [-0.2, 0) is 14.3 Å². The number of amides is 1. The first kappa shape index (κ1) is 15.5. The molecular weight excluding hydrogens is 245 g/mol. The van der Waals surface area contributed by atoms with Crippen molar-refractivity contribution in [1.82, 2.24) is 4.90 Å². The predicted molar refractivity (Wildman–Crippen MR) is 73.1 cm³/mol. The number of nitrogens with zero attached hydrogens (tertiary/aromatic N) is 3.